The Hall–Kier alpha value is -1.20. The van der Waals surface area contributed by atoms with Crippen LogP contribution in [0.3, 0.4) is 0 Å². The molecule has 1 heterocycles. The molecule has 1 fully saturated rings. The lowest BCUT2D eigenvalue weighted by atomic mass is 10.1. The molecule has 0 spiro atoms. The van der Waals surface area contributed by atoms with E-state index >= 15 is 0 Å². The maximum Gasteiger partial charge on any atom is 0.410 e. The topological polar surface area (TPSA) is 29.5 Å². The summed E-state index contributed by atoms with van der Waals surface area (Å²) in [4.78, 5) is 12.6. The zero-order valence-corrected chi connectivity index (χ0v) is 9.39. The summed E-state index contributed by atoms with van der Waals surface area (Å²) in [7, 11) is 0. The van der Waals surface area contributed by atoms with Crippen molar-refractivity contribution < 1.29 is 22.7 Å². The van der Waals surface area contributed by atoms with E-state index in [9.17, 15) is 18.0 Å². The number of likely N-dealkylation sites (tertiary alicyclic amines) is 1. The molecule has 0 saturated carbocycles. The molecule has 0 N–H and O–H groups in total. The molecule has 0 aromatic carbocycles. The Morgan fingerprint density at radius 3 is 2.19 bits per heavy atom. The van der Waals surface area contributed by atoms with Gasteiger partial charge < -0.3 is 9.64 Å². The van der Waals surface area contributed by atoms with Crippen molar-refractivity contribution in [2.75, 3.05) is 13.1 Å². The van der Waals surface area contributed by atoms with E-state index in [-0.39, 0.29) is 24.7 Å². The summed E-state index contributed by atoms with van der Waals surface area (Å²) in [5.41, 5.74) is -0.432. The highest BCUT2D eigenvalue weighted by Crippen LogP contribution is 2.24. The summed E-state index contributed by atoms with van der Waals surface area (Å²) in [5, 5.41) is 0. The van der Waals surface area contributed by atoms with Crippen LogP contribution in [0.2, 0.25) is 0 Å². The molecule has 92 valence electrons. The number of alkyl halides is 3. The summed E-state index contributed by atoms with van der Waals surface area (Å²) in [6, 6.07) is 0. The second-order valence-corrected chi connectivity index (χ2v) is 4.68. The van der Waals surface area contributed by atoms with Crippen molar-refractivity contribution in [3.63, 3.8) is 0 Å². The molecule has 0 unspecified atom stereocenters. The third-order valence-electron chi connectivity index (χ3n) is 1.81. The van der Waals surface area contributed by atoms with Gasteiger partial charge in [-0.1, -0.05) is 0 Å². The second kappa shape index (κ2) is 3.99. The molecule has 1 aliphatic heterocycles. The summed E-state index contributed by atoms with van der Waals surface area (Å²) < 4.78 is 40.7. The van der Waals surface area contributed by atoms with E-state index in [1.165, 1.54) is 4.90 Å². The van der Waals surface area contributed by atoms with E-state index < -0.39 is 17.9 Å². The Labute approximate surface area is 91.9 Å². The van der Waals surface area contributed by atoms with Crippen molar-refractivity contribution in [2.24, 2.45) is 0 Å². The molecule has 1 saturated heterocycles. The number of carbonyl (C=O) groups is 1. The average molecular weight is 237 g/mol. The van der Waals surface area contributed by atoms with E-state index in [4.69, 9.17) is 4.74 Å². The van der Waals surface area contributed by atoms with Crippen molar-refractivity contribution >= 4 is 6.09 Å². The van der Waals surface area contributed by atoms with Crippen LogP contribution in [0.25, 0.3) is 0 Å². The smallest absolute Gasteiger partial charge is 0.410 e. The van der Waals surface area contributed by atoms with Gasteiger partial charge in [-0.15, -0.1) is 0 Å². The minimum Gasteiger partial charge on any atom is -0.444 e. The van der Waals surface area contributed by atoms with Crippen LogP contribution < -0.4 is 0 Å². The van der Waals surface area contributed by atoms with Crippen LogP contribution in [0.15, 0.2) is 11.6 Å². The summed E-state index contributed by atoms with van der Waals surface area (Å²) in [5.74, 6) is 0. The maximum atomic E-state index is 11.9. The third-order valence-corrected chi connectivity index (χ3v) is 1.81. The lowest BCUT2D eigenvalue weighted by Crippen LogP contribution is -2.47. The van der Waals surface area contributed by atoms with E-state index in [1.807, 2.05) is 0 Å². The highest BCUT2D eigenvalue weighted by Gasteiger charge is 2.33. The van der Waals surface area contributed by atoms with Gasteiger partial charge in [0.05, 0.1) is 0 Å². The summed E-state index contributed by atoms with van der Waals surface area (Å²) in [6.45, 7) is 5.11. The monoisotopic (exact) mass is 237 g/mol. The molecule has 0 atom stereocenters. The zero-order chi connectivity index (χ0) is 12.6. The second-order valence-electron chi connectivity index (χ2n) is 4.68. The fourth-order valence-corrected chi connectivity index (χ4v) is 1.22. The Bertz CT molecular complexity index is 307. The Balaban J connectivity index is 2.42. The molecule has 0 bridgehead atoms. The van der Waals surface area contributed by atoms with Crippen molar-refractivity contribution in [3.8, 4) is 0 Å². The number of ether oxygens (including phenoxy) is 1. The van der Waals surface area contributed by atoms with Crippen LogP contribution >= 0.6 is 0 Å². The molecule has 0 aromatic heterocycles. The van der Waals surface area contributed by atoms with Crippen molar-refractivity contribution in [2.45, 2.75) is 32.5 Å². The van der Waals surface area contributed by atoms with Gasteiger partial charge in [-0.05, 0) is 26.3 Å². The van der Waals surface area contributed by atoms with Crippen LogP contribution in [0.5, 0.6) is 0 Å². The molecule has 6 heteroatoms. The number of hydrogen-bond donors (Lipinski definition) is 0. The van der Waals surface area contributed by atoms with Gasteiger partial charge in [0.15, 0.2) is 0 Å². The van der Waals surface area contributed by atoms with E-state index in [1.54, 1.807) is 20.8 Å². The maximum absolute atomic E-state index is 11.9. The normalized spacial score (nSPS) is 16.9. The number of hydrogen-bond acceptors (Lipinski definition) is 2. The molecule has 16 heavy (non-hydrogen) atoms. The first-order valence-electron chi connectivity index (χ1n) is 4.82. The molecule has 0 radical (unpaired) electrons. The number of halogens is 3. The van der Waals surface area contributed by atoms with Crippen LogP contribution in [-0.4, -0.2) is 35.9 Å². The van der Waals surface area contributed by atoms with Gasteiger partial charge in [0.1, 0.15) is 5.60 Å². The van der Waals surface area contributed by atoms with Crippen molar-refractivity contribution in [1.82, 2.24) is 4.90 Å². The lowest BCUT2D eigenvalue weighted by Gasteiger charge is -2.35. The quantitative estimate of drug-likeness (QED) is 0.606. The van der Waals surface area contributed by atoms with Crippen LogP contribution in [-0.2, 0) is 4.74 Å². The Morgan fingerprint density at radius 2 is 1.81 bits per heavy atom. The van der Waals surface area contributed by atoms with E-state index in [0.717, 1.165) is 0 Å². The Kier molecular flexibility index (Phi) is 3.21. The molecular weight excluding hydrogens is 223 g/mol. The molecule has 1 aliphatic rings. The number of allylic oxidation sites excluding steroid dienone is 1. The molecule has 0 aliphatic carbocycles. The molecule has 0 aromatic rings. The van der Waals surface area contributed by atoms with E-state index in [2.05, 4.69) is 0 Å². The third kappa shape index (κ3) is 4.12. The van der Waals surface area contributed by atoms with Gasteiger partial charge >= 0.3 is 12.3 Å². The predicted octanol–water partition coefficient (Wildman–Crippen LogP) is 2.73. The van der Waals surface area contributed by atoms with Crippen LogP contribution in [0, 0.1) is 0 Å². The number of carbonyl (C=O) groups excluding carboxylic acids is 1. The lowest BCUT2D eigenvalue weighted by molar-refractivity contribution is -0.0818. The minimum atomic E-state index is -4.31. The van der Waals surface area contributed by atoms with Crippen molar-refractivity contribution in [3.05, 3.63) is 11.6 Å². The SMILES string of the molecule is CC(C)(C)OC(=O)N1CC(=CC(F)(F)F)C1. The van der Waals surface area contributed by atoms with Crippen LogP contribution in [0.1, 0.15) is 20.8 Å². The molecule has 3 nitrogen and oxygen atoms in total. The first-order valence-corrected chi connectivity index (χ1v) is 4.82. The largest absolute Gasteiger partial charge is 0.444 e. The molecule has 1 amide bonds. The Morgan fingerprint density at radius 1 is 1.31 bits per heavy atom. The fourth-order valence-electron chi connectivity index (χ4n) is 1.22. The average Bonchev–Trinajstić information content (AvgIpc) is 1.89. The summed E-state index contributed by atoms with van der Waals surface area (Å²) >= 11 is 0. The zero-order valence-electron chi connectivity index (χ0n) is 9.39. The highest BCUT2D eigenvalue weighted by molar-refractivity contribution is 5.70. The van der Waals surface area contributed by atoms with Gasteiger partial charge in [-0.25, -0.2) is 4.79 Å². The van der Waals surface area contributed by atoms with Gasteiger partial charge in [0.25, 0.3) is 0 Å². The number of rotatable bonds is 0. The van der Waals surface area contributed by atoms with Gasteiger partial charge in [0.2, 0.25) is 0 Å². The van der Waals surface area contributed by atoms with E-state index in [0.29, 0.717) is 0 Å². The van der Waals surface area contributed by atoms with Gasteiger partial charge in [-0.2, -0.15) is 13.2 Å². The first-order chi connectivity index (χ1) is 7.07. The number of amides is 1. The summed E-state index contributed by atoms with van der Waals surface area (Å²) in [6.07, 6.45) is -4.66. The van der Waals surface area contributed by atoms with Crippen LogP contribution in [0.4, 0.5) is 18.0 Å². The first kappa shape index (κ1) is 12.9. The fraction of sp³-hybridized carbons (Fsp3) is 0.700. The molecular formula is C10H14F3NO2. The molecule has 1 rings (SSSR count). The van der Waals surface area contributed by atoms with Gasteiger partial charge in [-0.3, -0.25) is 0 Å². The minimum absolute atomic E-state index is 0.00553. The standard InChI is InChI=1S/C10H14F3NO2/c1-9(2,3)16-8(15)14-5-7(6-14)4-10(11,12)13/h4H,5-6H2,1-3H3. The van der Waals surface area contributed by atoms with Gasteiger partial charge in [0, 0.05) is 19.2 Å². The van der Waals surface area contributed by atoms with Crippen molar-refractivity contribution in [1.29, 1.82) is 0 Å². The predicted molar refractivity (Wildman–Crippen MR) is 51.9 cm³/mol. The highest BCUT2D eigenvalue weighted by atomic mass is 19.4. The number of nitrogens with zero attached hydrogens (tertiary/aromatic N) is 1.